The van der Waals surface area contributed by atoms with E-state index in [4.69, 9.17) is 4.52 Å². The lowest BCUT2D eigenvalue weighted by molar-refractivity contribution is -0.129. The summed E-state index contributed by atoms with van der Waals surface area (Å²) in [5.74, 6) is 0.289. The van der Waals surface area contributed by atoms with Crippen LogP contribution >= 0.6 is 0 Å². The Morgan fingerprint density at radius 3 is 2.65 bits per heavy atom. The average molecular weight is 276 g/mol. The molecule has 20 heavy (non-hydrogen) atoms. The summed E-state index contributed by atoms with van der Waals surface area (Å²) in [7, 11) is 0. The lowest BCUT2D eigenvalue weighted by Crippen LogP contribution is -2.28. The van der Waals surface area contributed by atoms with Gasteiger partial charge >= 0.3 is 0 Å². The minimum absolute atomic E-state index is 0.0122. The van der Waals surface area contributed by atoms with Crippen molar-refractivity contribution in [3.63, 3.8) is 0 Å². The topological polar surface area (TPSA) is 46.3 Å². The number of hydrogen-bond donors (Lipinski definition) is 0. The van der Waals surface area contributed by atoms with Crippen LogP contribution in [0.5, 0.6) is 0 Å². The first-order valence-corrected chi connectivity index (χ1v) is 6.57. The maximum atomic E-state index is 12.9. The Morgan fingerprint density at radius 1 is 1.35 bits per heavy atom. The normalized spacial score (nSPS) is 10.6. The number of carbonyl (C=O) groups excluding carboxylic acids is 1. The van der Waals surface area contributed by atoms with E-state index in [-0.39, 0.29) is 11.7 Å². The van der Waals surface area contributed by atoms with Crippen LogP contribution in [0.2, 0.25) is 0 Å². The first-order chi connectivity index (χ1) is 9.60. The zero-order valence-corrected chi connectivity index (χ0v) is 11.6. The lowest BCUT2D eigenvalue weighted by Gasteiger charge is -2.18. The van der Waals surface area contributed by atoms with Gasteiger partial charge in [-0.3, -0.25) is 4.79 Å². The molecule has 1 aromatic heterocycles. The van der Waals surface area contributed by atoms with Gasteiger partial charge in [0.1, 0.15) is 11.5 Å². The third-order valence-electron chi connectivity index (χ3n) is 2.98. The van der Waals surface area contributed by atoms with E-state index >= 15 is 0 Å². The third-order valence-corrected chi connectivity index (χ3v) is 2.98. The monoisotopic (exact) mass is 276 g/mol. The molecule has 0 saturated heterocycles. The molecule has 0 fully saturated rings. The number of rotatable bonds is 5. The predicted molar refractivity (Wildman–Crippen MR) is 73.3 cm³/mol. The van der Waals surface area contributed by atoms with Gasteiger partial charge in [0.05, 0.1) is 6.54 Å². The summed E-state index contributed by atoms with van der Waals surface area (Å²) in [5, 5.41) is 3.96. The average Bonchev–Trinajstić information content (AvgIpc) is 2.87. The molecule has 0 spiro atoms. The van der Waals surface area contributed by atoms with E-state index in [9.17, 15) is 9.18 Å². The van der Waals surface area contributed by atoms with Gasteiger partial charge in [-0.15, -0.1) is 0 Å². The van der Waals surface area contributed by atoms with Gasteiger partial charge in [-0.25, -0.2) is 4.39 Å². The Bertz CT molecular complexity index is 578. The second-order valence-electron chi connectivity index (χ2n) is 4.63. The standard InChI is InChI=1S/C15H17FN2O2/c1-3-8-18(11(2)19)10-14-9-15(20-17-14)12-4-6-13(16)7-5-12/h4-7,9H,3,8,10H2,1-2H3. The Balaban J connectivity index is 2.12. The molecule has 5 heteroatoms. The molecule has 0 atom stereocenters. The Labute approximate surface area is 117 Å². The molecule has 2 aromatic rings. The number of nitrogens with zero attached hydrogens (tertiary/aromatic N) is 2. The zero-order chi connectivity index (χ0) is 14.5. The number of carbonyl (C=O) groups is 1. The van der Waals surface area contributed by atoms with E-state index in [1.165, 1.54) is 19.1 Å². The van der Waals surface area contributed by atoms with Gasteiger partial charge in [0.25, 0.3) is 0 Å². The van der Waals surface area contributed by atoms with Crippen molar-refractivity contribution in [2.24, 2.45) is 0 Å². The number of aromatic nitrogens is 1. The molecule has 106 valence electrons. The van der Waals surface area contributed by atoms with Crippen LogP contribution in [0.1, 0.15) is 26.0 Å². The molecule has 1 aromatic carbocycles. The van der Waals surface area contributed by atoms with Gasteiger partial charge in [0.15, 0.2) is 5.76 Å². The molecule has 0 aliphatic heterocycles. The minimum atomic E-state index is -0.292. The maximum Gasteiger partial charge on any atom is 0.219 e. The van der Waals surface area contributed by atoms with Crippen molar-refractivity contribution >= 4 is 5.91 Å². The number of benzene rings is 1. The molecule has 0 aliphatic carbocycles. The predicted octanol–water partition coefficient (Wildman–Crippen LogP) is 3.24. The fourth-order valence-electron chi connectivity index (χ4n) is 1.95. The van der Waals surface area contributed by atoms with Crippen LogP contribution in [-0.4, -0.2) is 22.5 Å². The first kappa shape index (κ1) is 14.2. The van der Waals surface area contributed by atoms with Crippen LogP contribution < -0.4 is 0 Å². The Hall–Kier alpha value is -2.17. The smallest absolute Gasteiger partial charge is 0.219 e. The van der Waals surface area contributed by atoms with E-state index in [0.29, 0.717) is 24.5 Å². The van der Waals surface area contributed by atoms with Crippen LogP contribution in [0.4, 0.5) is 4.39 Å². The second-order valence-corrected chi connectivity index (χ2v) is 4.63. The summed E-state index contributed by atoms with van der Waals surface area (Å²) >= 11 is 0. The van der Waals surface area contributed by atoms with Crippen molar-refractivity contribution in [1.29, 1.82) is 0 Å². The number of hydrogen-bond acceptors (Lipinski definition) is 3. The van der Waals surface area contributed by atoms with Gasteiger partial charge in [0, 0.05) is 25.1 Å². The highest BCUT2D eigenvalue weighted by molar-refractivity contribution is 5.73. The van der Waals surface area contributed by atoms with E-state index in [1.807, 2.05) is 6.92 Å². The summed E-state index contributed by atoms with van der Waals surface area (Å²) in [6.07, 6.45) is 0.891. The van der Waals surface area contributed by atoms with E-state index < -0.39 is 0 Å². The van der Waals surface area contributed by atoms with E-state index in [1.54, 1.807) is 23.1 Å². The summed E-state index contributed by atoms with van der Waals surface area (Å²) in [6, 6.07) is 7.79. The van der Waals surface area contributed by atoms with Crippen LogP contribution in [0.3, 0.4) is 0 Å². The van der Waals surface area contributed by atoms with Gasteiger partial charge in [-0.1, -0.05) is 12.1 Å². The van der Waals surface area contributed by atoms with Gasteiger partial charge in [-0.05, 0) is 30.7 Å². The molecule has 1 amide bonds. The molecule has 0 unspecified atom stereocenters. The molecule has 0 aliphatic rings. The molecule has 4 nitrogen and oxygen atoms in total. The largest absolute Gasteiger partial charge is 0.356 e. The summed E-state index contributed by atoms with van der Waals surface area (Å²) in [5.41, 5.74) is 1.45. The van der Waals surface area contributed by atoms with Gasteiger partial charge in [-0.2, -0.15) is 0 Å². The SMILES string of the molecule is CCCN(Cc1cc(-c2ccc(F)cc2)on1)C(C)=O. The van der Waals surface area contributed by atoms with E-state index in [0.717, 1.165) is 12.0 Å². The molecule has 0 bridgehead atoms. The number of halogens is 1. The first-order valence-electron chi connectivity index (χ1n) is 6.57. The quantitative estimate of drug-likeness (QED) is 0.842. The van der Waals surface area contributed by atoms with Crippen LogP contribution in [-0.2, 0) is 11.3 Å². The Kier molecular flexibility index (Phi) is 4.50. The molecule has 0 N–H and O–H groups in total. The van der Waals surface area contributed by atoms with Gasteiger partial charge < -0.3 is 9.42 Å². The second kappa shape index (κ2) is 6.32. The highest BCUT2D eigenvalue weighted by Crippen LogP contribution is 2.21. The molecule has 0 saturated carbocycles. The fourth-order valence-corrected chi connectivity index (χ4v) is 1.95. The highest BCUT2D eigenvalue weighted by atomic mass is 19.1. The van der Waals surface area contributed by atoms with Crippen molar-refractivity contribution in [2.45, 2.75) is 26.8 Å². The van der Waals surface area contributed by atoms with Crippen LogP contribution in [0.25, 0.3) is 11.3 Å². The molecule has 0 radical (unpaired) electrons. The van der Waals surface area contributed by atoms with Crippen molar-refractivity contribution in [3.8, 4) is 11.3 Å². The summed E-state index contributed by atoms with van der Waals surface area (Å²) < 4.78 is 18.1. The fraction of sp³-hybridized carbons (Fsp3) is 0.333. The minimum Gasteiger partial charge on any atom is -0.356 e. The Morgan fingerprint density at radius 2 is 2.05 bits per heavy atom. The molecule has 1 heterocycles. The number of amides is 1. The maximum absolute atomic E-state index is 12.9. The third kappa shape index (κ3) is 3.44. The van der Waals surface area contributed by atoms with Crippen molar-refractivity contribution in [2.75, 3.05) is 6.54 Å². The van der Waals surface area contributed by atoms with Crippen molar-refractivity contribution < 1.29 is 13.7 Å². The molecular weight excluding hydrogens is 259 g/mol. The summed E-state index contributed by atoms with van der Waals surface area (Å²) in [4.78, 5) is 13.2. The van der Waals surface area contributed by atoms with Crippen molar-refractivity contribution in [1.82, 2.24) is 10.1 Å². The van der Waals surface area contributed by atoms with E-state index in [2.05, 4.69) is 5.16 Å². The summed E-state index contributed by atoms with van der Waals surface area (Å²) in [6.45, 7) is 4.67. The zero-order valence-electron chi connectivity index (χ0n) is 11.6. The van der Waals surface area contributed by atoms with Crippen molar-refractivity contribution in [3.05, 3.63) is 41.8 Å². The highest BCUT2D eigenvalue weighted by Gasteiger charge is 2.12. The van der Waals surface area contributed by atoms with Gasteiger partial charge in [0.2, 0.25) is 5.91 Å². The molecular formula is C15H17FN2O2. The lowest BCUT2D eigenvalue weighted by atomic mass is 10.1. The van der Waals surface area contributed by atoms with Crippen LogP contribution in [0, 0.1) is 5.82 Å². The molecule has 2 rings (SSSR count). The van der Waals surface area contributed by atoms with Crippen LogP contribution in [0.15, 0.2) is 34.9 Å².